The molecule has 2 aromatic rings. The fourth-order valence-corrected chi connectivity index (χ4v) is 1.99. The van der Waals surface area contributed by atoms with Crippen LogP contribution in [0, 0.1) is 10.1 Å². The Morgan fingerprint density at radius 1 is 1.05 bits per heavy atom. The van der Waals surface area contributed by atoms with E-state index in [1.807, 2.05) is 44.2 Å². The van der Waals surface area contributed by atoms with E-state index in [0.29, 0.717) is 6.61 Å². The number of ether oxygens (including phenoxy) is 2. The Hall–Kier alpha value is -2.24. The molecule has 0 aliphatic rings. The van der Waals surface area contributed by atoms with Crippen molar-refractivity contribution in [3.63, 3.8) is 0 Å². The maximum atomic E-state index is 10.6. The van der Waals surface area contributed by atoms with Gasteiger partial charge in [0.15, 0.2) is 0 Å². The SMILES string of the molecule is CC(C)(OCOCc1ccc([N+](=O)[O-])cc1)c1ccccc1. The van der Waals surface area contributed by atoms with Crippen LogP contribution in [-0.4, -0.2) is 11.7 Å². The molecule has 0 N–H and O–H groups in total. The minimum absolute atomic E-state index is 0.0743. The lowest BCUT2D eigenvalue weighted by atomic mass is 9.98. The number of non-ortho nitro benzene ring substituents is 1. The lowest BCUT2D eigenvalue weighted by molar-refractivity contribution is -0.384. The zero-order valence-corrected chi connectivity index (χ0v) is 12.7. The largest absolute Gasteiger partial charge is 0.351 e. The lowest BCUT2D eigenvalue weighted by Gasteiger charge is -2.25. The van der Waals surface area contributed by atoms with Crippen LogP contribution < -0.4 is 0 Å². The third-order valence-corrected chi connectivity index (χ3v) is 3.39. The first-order valence-corrected chi connectivity index (χ1v) is 6.99. The van der Waals surface area contributed by atoms with Crippen LogP contribution in [0.4, 0.5) is 5.69 Å². The van der Waals surface area contributed by atoms with Crippen LogP contribution in [0.25, 0.3) is 0 Å². The molecule has 0 unspecified atom stereocenters. The third-order valence-electron chi connectivity index (χ3n) is 3.39. The molecule has 0 saturated heterocycles. The zero-order valence-electron chi connectivity index (χ0n) is 12.7. The summed E-state index contributed by atoms with van der Waals surface area (Å²) in [5.74, 6) is 0. The standard InChI is InChI=1S/C17H19NO4/c1-17(2,15-6-4-3-5-7-15)22-13-21-12-14-8-10-16(11-9-14)18(19)20/h3-11H,12-13H2,1-2H3. The summed E-state index contributed by atoms with van der Waals surface area (Å²) in [4.78, 5) is 10.2. The van der Waals surface area contributed by atoms with Gasteiger partial charge < -0.3 is 9.47 Å². The summed E-state index contributed by atoms with van der Waals surface area (Å²) in [6.45, 7) is 4.47. The van der Waals surface area contributed by atoms with E-state index in [1.165, 1.54) is 12.1 Å². The van der Waals surface area contributed by atoms with E-state index in [9.17, 15) is 10.1 Å². The van der Waals surface area contributed by atoms with Gasteiger partial charge in [0.2, 0.25) is 0 Å². The van der Waals surface area contributed by atoms with E-state index < -0.39 is 10.5 Å². The molecule has 2 aromatic carbocycles. The molecule has 0 fully saturated rings. The maximum absolute atomic E-state index is 10.6. The molecular weight excluding hydrogens is 282 g/mol. The van der Waals surface area contributed by atoms with Crippen LogP contribution in [0.1, 0.15) is 25.0 Å². The molecule has 0 heterocycles. The lowest BCUT2D eigenvalue weighted by Crippen LogP contribution is -2.23. The van der Waals surface area contributed by atoms with Crippen LogP contribution in [0.5, 0.6) is 0 Å². The number of nitro groups is 1. The molecule has 0 aliphatic heterocycles. The van der Waals surface area contributed by atoms with Crippen molar-refractivity contribution >= 4 is 5.69 Å². The van der Waals surface area contributed by atoms with E-state index in [1.54, 1.807) is 12.1 Å². The third kappa shape index (κ3) is 4.38. The fraction of sp³-hybridized carbons (Fsp3) is 0.294. The summed E-state index contributed by atoms with van der Waals surface area (Å²) in [6, 6.07) is 16.2. The van der Waals surface area contributed by atoms with Gasteiger partial charge in [-0.1, -0.05) is 30.3 Å². The first-order valence-electron chi connectivity index (χ1n) is 6.99. The smallest absolute Gasteiger partial charge is 0.269 e. The molecule has 0 atom stereocenters. The van der Waals surface area contributed by atoms with Gasteiger partial charge in [-0.3, -0.25) is 10.1 Å². The molecule has 5 heteroatoms. The number of hydrogen-bond acceptors (Lipinski definition) is 4. The van der Waals surface area contributed by atoms with Gasteiger partial charge in [0.05, 0.1) is 17.1 Å². The van der Waals surface area contributed by atoms with Gasteiger partial charge in [-0.25, -0.2) is 0 Å². The molecule has 2 rings (SSSR count). The first kappa shape index (κ1) is 16.1. The highest BCUT2D eigenvalue weighted by Gasteiger charge is 2.20. The molecule has 5 nitrogen and oxygen atoms in total. The Kier molecular flexibility index (Phi) is 5.25. The van der Waals surface area contributed by atoms with Crippen LogP contribution >= 0.6 is 0 Å². The average molecular weight is 301 g/mol. The monoisotopic (exact) mass is 301 g/mol. The predicted octanol–water partition coefficient (Wildman–Crippen LogP) is 4.02. The van der Waals surface area contributed by atoms with E-state index in [2.05, 4.69) is 0 Å². The van der Waals surface area contributed by atoms with Gasteiger partial charge in [0, 0.05) is 12.1 Å². The van der Waals surface area contributed by atoms with Crippen molar-refractivity contribution in [3.05, 3.63) is 75.8 Å². The second kappa shape index (κ2) is 7.15. The van der Waals surface area contributed by atoms with Crippen molar-refractivity contribution in [1.29, 1.82) is 0 Å². The minimum atomic E-state index is -0.434. The van der Waals surface area contributed by atoms with Crippen molar-refractivity contribution in [2.45, 2.75) is 26.1 Å². The summed E-state index contributed by atoms with van der Waals surface area (Å²) in [5.41, 5.74) is 1.59. The van der Waals surface area contributed by atoms with Crippen LogP contribution in [0.15, 0.2) is 54.6 Å². The summed E-state index contributed by atoms with van der Waals surface area (Å²) >= 11 is 0. The minimum Gasteiger partial charge on any atom is -0.351 e. The molecule has 0 amide bonds. The Balaban J connectivity index is 1.80. The highest BCUT2D eigenvalue weighted by molar-refractivity contribution is 5.32. The highest BCUT2D eigenvalue weighted by Crippen LogP contribution is 2.24. The molecular formula is C17H19NO4. The van der Waals surface area contributed by atoms with Crippen LogP contribution in [0.3, 0.4) is 0 Å². The van der Waals surface area contributed by atoms with Gasteiger partial charge >= 0.3 is 0 Å². The number of nitrogens with zero attached hydrogens (tertiary/aromatic N) is 1. The van der Waals surface area contributed by atoms with E-state index in [0.717, 1.165) is 11.1 Å². The summed E-state index contributed by atoms with van der Waals surface area (Å²) in [6.07, 6.45) is 0. The van der Waals surface area contributed by atoms with Crippen LogP contribution in [0.2, 0.25) is 0 Å². The van der Waals surface area contributed by atoms with Crippen molar-refractivity contribution in [2.75, 3.05) is 6.79 Å². The maximum Gasteiger partial charge on any atom is 0.269 e. The molecule has 0 aliphatic carbocycles. The highest BCUT2D eigenvalue weighted by atomic mass is 16.7. The molecule has 0 aromatic heterocycles. The zero-order chi connectivity index (χ0) is 16.0. The summed E-state index contributed by atoms with van der Waals surface area (Å²) in [7, 11) is 0. The Morgan fingerprint density at radius 3 is 2.27 bits per heavy atom. The molecule has 22 heavy (non-hydrogen) atoms. The quantitative estimate of drug-likeness (QED) is 0.335. The second-order valence-electron chi connectivity index (χ2n) is 5.41. The number of benzene rings is 2. The molecule has 0 saturated carbocycles. The van der Waals surface area contributed by atoms with E-state index in [4.69, 9.17) is 9.47 Å². The van der Waals surface area contributed by atoms with Gasteiger partial charge in [0.25, 0.3) is 5.69 Å². The van der Waals surface area contributed by atoms with Crippen LogP contribution in [-0.2, 0) is 21.7 Å². The summed E-state index contributed by atoms with van der Waals surface area (Å²) in [5, 5.41) is 10.6. The Morgan fingerprint density at radius 2 is 1.68 bits per heavy atom. The number of rotatable bonds is 7. The molecule has 0 radical (unpaired) electrons. The number of hydrogen-bond donors (Lipinski definition) is 0. The van der Waals surface area contributed by atoms with Crippen molar-refractivity contribution in [1.82, 2.24) is 0 Å². The van der Waals surface area contributed by atoms with E-state index >= 15 is 0 Å². The molecule has 0 bridgehead atoms. The van der Waals surface area contributed by atoms with Crippen molar-refractivity contribution < 1.29 is 14.4 Å². The van der Waals surface area contributed by atoms with Crippen molar-refractivity contribution in [3.8, 4) is 0 Å². The topological polar surface area (TPSA) is 61.6 Å². The van der Waals surface area contributed by atoms with Gasteiger partial charge in [-0.05, 0) is 37.1 Å². The van der Waals surface area contributed by atoms with Gasteiger partial charge in [-0.2, -0.15) is 0 Å². The Bertz CT molecular complexity index is 608. The molecule has 0 spiro atoms. The average Bonchev–Trinajstić information content (AvgIpc) is 2.53. The van der Waals surface area contributed by atoms with Gasteiger partial charge in [0.1, 0.15) is 6.79 Å². The van der Waals surface area contributed by atoms with E-state index in [-0.39, 0.29) is 12.5 Å². The normalized spacial score (nSPS) is 11.4. The second-order valence-corrected chi connectivity index (χ2v) is 5.41. The predicted molar refractivity (Wildman–Crippen MR) is 83.3 cm³/mol. The van der Waals surface area contributed by atoms with Crippen molar-refractivity contribution in [2.24, 2.45) is 0 Å². The number of nitro benzene ring substituents is 1. The van der Waals surface area contributed by atoms with Gasteiger partial charge in [-0.15, -0.1) is 0 Å². The first-order chi connectivity index (χ1) is 10.5. The molecule has 116 valence electrons. The summed E-state index contributed by atoms with van der Waals surface area (Å²) < 4.78 is 11.3. The Labute approximate surface area is 129 Å². The fourth-order valence-electron chi connectivity index (χ4n) is 1.99.